The minimum atomic E-state index is -0.776. The van der Waals surface area contributed by atoms with Gasteiger partial charge in [0.25, 0.3) is 5.91 Å². The second-order valence-electron chi connectivity index (χ2n) is 7.86. The topological polar surface area (TPSA) is 61.9 Å². The fraction of sp³-hybridized carbons (Fsp3) is 0.280. The second kappa shape index (κ2) is 10.8. The molecule has 1 saturated heterocycles. The zero-order valence-electron chi connectivity index (χ0n) is 18.3. The molecule has 1 fully saturated rings. The Kier molecular flexibility index (Phi) is 7.65. The van der Waals surface area contributed by atoms with Crippen LogP contribution in [0.3, 0.4) is 0 Å². The van der Waals surface area contributed by atoms with E-state index in [1.165, 1.54) is 16.2 Å². The van der Waals surface area contributed by atoms with Gasteiger partial charge in [0.2, 0.25) is 5.91 Å². The van der Waals surface area contributed by atoms with E-state index in [9.17, 15) is 9.59 Å². The first-order valence-electron chi connectivity index (χ1n) is 10.8. The van der Waals surface area contributed by atoms with Gasteiger partial charge in [0.15, 0.2) is 0 Å². The number of rotatable bonds is 7. The third kappa shape index (κ3) is 5.55. The van der Waals surface area contributed by atoms with Gasteiger partial charge in [-0.3, -0.25) is 14.5 Å². The van der Waals surface area contributed by atoms with Crippen molar-refractivity contribution in [2.75, 3.05) is 30.4 Å². The molecular weight excluding hydrogens is 458 g/mol. The van der Waals surface area contributed by atoms with Gasteiger partial charge in [-0.25, -0.2) is 0 Å². The van der Waals surface area contributed by atoms with Gasteiger partial charge in [-0.1, -0.05) is 24.3 Å². The Hall–Kier alpha value is -2.87. The number of para-hydroxylation sites is 1. The Morgan fingerprint density at radius 1 is 1.12 bits per heavy atom. The lowest BCUT2D eigenvalue weighted by Gasteiger charge is -2.37. The Morgan fingerprint density at radius 2 is 1.85 bits per heavy atom. The summed E-state index contributed by atoms with van der Waals surface area (Å²) < 4.78 is 5.88. The summed E-state index contributed by atoms with van der Waals surface area (Å²) in [6.07, 6.45) is 0. The quantitative estimate of drug-likeness (QED) is 0.496. The molecular formula is C25H26ClN3O3S. The van der Waals surface area contributed by atoms with Crippen LogP contribution in [0.5, 0.6) is 11.5 Å². The first-order valence-corrected chi connectivity index (χ1v) is 12.2. The van der Waals surface area contributed by atoms with E-state index in [1.807, 2.05) is 59.7 Å². The Labute approximate surface area is 202 Å². The molecule has 0 radical (unpaired) electrons. The average molecular weight is 484 g/mol. The van der Waals surface area contributed by atoms with Gasteiger partial charge in [0.05, 0.1) is 0 Å². The summed E-state index contributed by atoms with van der Waals surface area (Å²) >= 11 is 7.46. The van der Waals surface area contributed by atoms with E-state index in [0.29, 0.717) is 24.5 Å². The molecule has 1 aliphatic rings. The molecule has 2 atom stereocenters. The number of carbonyl (C=O) groups is 2. The van der Waals surface area contributed by atoms with Crippen molar-refractivity contribution in [3.63, 3.8) is 0 Å². The van der Waals surface area contributed by atoms with Crippen LogP contribution in [0.15, 0.2) is 72.1 Å². The summed E-state index contributed by atoms with van der Waals surface area (Å²) in [6.45, 7) is 3.96. The monoisotopic (exact) mass is 483 g/mol. The molecule has 1 aliphatic heterocycles. The number of amides is 2. The molecule has 0 saturated carbocycles. The molecule has 6 nitrogen and oxygen atoms in total. The minimum Gasteiger partial charge on any atom is -0.457 e. The highest BCUT2D eigenvalue weighted by atomic mass is 35.5. The van der Waals surface area contributed by atoms with Crippen molar-refractivity contribution >= 4 is 40.4 Å². The fourth-order valence-electron chi connectivity index (χ4n) is 3.91. The molecule has 0 spiro atoms. The number of hydrogen-bond donors (Lipinski definition) is 1. The molecule has 0 aliphatic carbocycles. The smallest absolute Gasteiger partial charge is 0.251 e. The van der Waals surface area contributed by atoms with Crippen LogP contribution in [0.25, 0.3) is 0 Å². The zero-order chi connectivity index (χ0) is 23.2. The van der Waals surface area contributed by atoms with Crippen LogP contribution in [-0.2, 0) is 9.59 Å². The number of alkyl halides is 1. The molecule has 172 valence electrons. The van der Waals surface area contributed by atoms with Gasteiger partial charge in [-0.05, 0) is 54.8 Å². The van der Waals surface area contributed by atoms with Crippen molar-refractivity contribution < 1.29 is 14.3 Å². The predicted octanol–water partition coefficient (Wildman–Crippen LogP) is 4.67. The van der Waals surface area contributed by atoms with Gasteiger partial charge in [0.1, 0.15) is 23.4 Å². The highest BCUT2D eigenvalue weighted by molar-refractivity contribution is 7.10. The number of halogens is 1. The van der Waals surface area contributed by atoms with Crippen molar-refractivity contribution in [3.8, 4) is 11.5 Å². The van der Waals surface area contributed by atoms with Crippen molar-refractivity contribution in [1.82, 2.24) is 10.2 Å². The molecule has 8 heteroatoms. The van der Waals surface area contributed by atoms with E-state index < -0.39 is 6.04 Å². The third-order valence-corrected chi connectivity index (χ3v) is 6.62. The maximum Gasteiger partial charge on any atom is 0.251 e. The van der Waals surface area contributed by atoms with Crippen LogP contribution in [0.2, 0.25) is 0 Å². The molecule has 2 unspecified atom stereocenters. The summed E-state index contributed by atoms with van der Waals surface area (Å²) in [7, 11) is 0. The van der Waals surface area contributed by atoms with E-state index in [-0.39, 0.29) is 23.7 Å². The van der Waals surface area contributed by atoms with Crippen LogP contribution >= 0.6 is 22.9 Å². The summed E-state index contributed by atoms with van der Waals surface area (Å²) in [5, 5.41) is 5.27. The van der Waals surface area contributed by atoms with E-state index in [0.717, 1.165) is 17.2 Å². The maximum atomic E-state index is 13.7. The Balaban J connectivity index is 1.66. The molecule has 1 N–H and O–H groups in total. The van der Waals surface area contributed by atoms with Gasteiger partial charge in [-0.2, -0.15) is 0 Å². The van der Waals surface area contributed by atoms with Gasteiger partial charge < -0.3 is 15.0 Å². The van der Waals surface area contributed by atoms with Gasteiger partial charge in [-0.15, -0.1) is 22.9 Å². The average Bonchev–Trinajstić information content (AvgIpc) is 3.37. The molecule has 0 bridgehead atoms. The highest BCUT2D eigenvalue weighted by Crippen LogP contribution is 2.34. The number of benzene rings is 2. The van der Waals surface area contributed by atoms with E-state index in [4.69, 9.17) is 16.3 Å². The third-order valence-electron chi connectivity index (χ3n) is 5.46. The molecule has 2 amide bonds. The Bertz CT molecular complexity index is 1060. The number of ether oxygens (including phenoxy) is 1. The lowest BCUT2D eigenvalue weighted by atomic mass is 10.1. The first-order chi connectivity index (χ1) is 16.1. The fourth-order valence-corrected chi connectivity index (χ4v) is 4.85. The number of piperazine rings is 1. The predicted molar refractivity (Wildman–Crippen MR) is 132 cm³/mol. The lowest BCUT2D eigenvalue weighted by Crippen LogP contribution is -2.55. The van der Waals surface area contributed by atoms with Crippen LogP contribution in [0.4, 0.5) is 5.69 Å². The van der Waals surface area contributed by atoms with Crippen molar-refractivity contribution in [2.24, 2.45) is 0 Å². The van der Waals surface area contributed by atoms with Crippen molar-refractivity contribution in [2.45, 2.75) is 19.0 Å². The number of nitrogens with zero attached hydrogens (tertiary/aromatic N) is 2. The largest absolute Gasteiger partial charge is 0.457 e. The molecule has 4 rings (SSSR count). The summed E-state index contributed by atoms with van der Waals surface area (Å²) in [5.41, 5.74) is 0.594. The van der Waals surface area contributed by atoms with Crippen molar-refractivity contribution in [3.05, 3.63) is 77.0 Å². The first kappa shape index (κ1) is 23.3. The van der Waals surface area contributed by atoms with Crippen LogP contribution < -0.4 is 15.0 Å². The molecule has 3 aromatic rings. The number of carbonyl (C=O) groups excluding carboxylic acids is 2. The SMILES string of the molecule is CC1CN(C(=O)C(c2cccs2)N(C(=O)CCl)c2ccc(Oc3ccccc3)cc2)CCN1. The van der Waals surface area contributed by atoms with E-state index in [1.54, 1.807) is 24.3 Å². The summed E-state index contributed by atoms with van der Waals surface area (Å²) in [4.78, 5) is 30.9. The van der Waals surface area contributed by atoms with Gasteiger partial charge in [0, 0.05) is 36.2 Å². The van der Waals surface area contributed by atoms with E-state index >= 15 is 0 Å². The lowest BCUT2D eigenvalue weighted by molar-refractivity contribution is -0.135. The molecule has 1 aromatic heterocycles. The zero-order valence-corrected chi connectivity index (χ0v) is 19.9. The second-order valence-corrected chi connectivity index (χ2v) is 9.11. The van der Waals surface area contributed by atoms with Gasteiger partial charge >= 0.3 is 0 Å². The number of nitrogens with one attached hydrogen (secondary N) is 1. The number of hydrogen-bond acceptors (Lipinski definition) is 5. The van der Waals surface area contributed by atoms with Crippen LogP contribution in [0, 0.1) is 0 Å². The number of anilines is 1. The minimum absolute atomic E-state index is 0.103. The molecule has 2 aromatic carbocycles. The summed E-state index contributed by atoms with van der Waals surface area (Å²) in [5.74, 6) is 0.698. The molecule has 2 heterocycles. The van der Waals surface area contributed by atoms with E-state index in [2.05, 4.69) is 5.32 Å². The maximum absolute atomic E-state index is 13.7. The normalized spacial score (nSPS) is 16.8. The molecule has 33 heavy (non-hydrogen) atoms. The Morgan fingerprint density at radius 3 is 2.48 bits per heavy atom. The van der Waals surface area contributed by atoms with Crippen molar-refractivity contribution in [1.29, 1.82) is 0 Å². The standard InChI is InChI=1S/C25H26ClN3O3S/c1-18-17-28(14-13-27-18)25(31)24(22-8-5-15-33-22)29(23(30)16-26)19-9-11-21(12-10-19)32-20-6-3-2-4-7-20/h2-12,15,18,24,27H,13-14,16-17H2,1H3. The summed E-state index contributed by atoms with van der Waals surface area (Å²) in [6, 6.07) is 19.8. The van der Waals surface area contributed by atoms with Crippen LogP contribution in [0.1, 0.15) is 17.8 Å². The van der Waals surface area contributed by atoms with Crippen LogP contribution in [-0.4, -0.2) is 48.3 Å². The highest BCUT2D eigenvalue weighted by Gasteiger charge is 2.37. The number of thiophene rings is 1.